The largest absolute Gasteiger partial charge is 0.497 e. The molecule has 2 N–H and O–H groups in total. The maximum absolute atomic E-state index is 13.4. The van der Waals surface area contributed by atoms with Gasteiger partial charge in [-0.2, -0.15) is 0 Å². The summed E-state index contributed by atoms with van der Waals surface area (Å²) in [6.07, 6.45) is -0.357. The number of alkyl halides is 1. The van der Waals surface area contributed by atoms with E-state index in [0.29, 0.717) is 17.9 Å². The topological polar surface area (TPSA) is 76.0 Å². The molecule has 0 bridgehead atoms. The van der Waals surface area contributed by atoms with Gasteiger partial charge in [-0.25, -0.2) is 4.39 Å². The standard InChI is InChI=1S/C16H18FO5P/c1-21-14-7-5-12(6-8-14)11-22-15-4-2-3-13(9-15)10-16(17)23(18,19)20/h2-9,16H,10-11H2,1H3,(H2,18,19,20). The van der Waals surface area contributed by atoms with Gasteiger partial charge < -0.3 is 19.3 Å². The van der Waals surface area contributed by atoms with Gasteiger partial charge in [0, 0.05) is 6.42 Å². The molecule has 23 heavy (non-hydrogen) atoms. The molecule has 7 heteroatoms. The van der Waals surface area contributed by atoms with E-state index in [-0.39, 0.29) is 6.42 Å². The maximum atomic E-state index is 13.4. The van der Waals surface area contributed by atoms with E-state index in [1.807, 2.05) is 24.3 Å². The normalized spacial score (nSPS) is 12.7. The van der Waals surface area contributed by atoms with Gasteiger partial charge in [0.2, 0.25) is 5.91 Å². The highest BCUT2D eigenvalue weighted by atomic mass is 31.2. The average Bonchev–Trinajstić information content (AvgIpc) is 2.53. The first-order chi connectivity index (χ1) is 10.9. The Balaban J connectivity index is 1.98. The quantitative estimate of drug-likeness (QED) is 0.757. The Morgan fingerprint density at radius 3 is 2.39 bits per heavy atom. The van der Waals surface area contributed by atoms with Crippen LogP contribution in [0.4, 0.5) is 4.39 Å². The van der Waals surface area contributed by atoms with Crippen LogP contribution >= 0.6 is 7.60 Å². The van der Waals surface area contributed by atoms with Crippen molar-refractivity contribution in [2.24, 2.45) is 0 Å². The predicted octanol–water partition coefficient (Wildman–Crippen LogP) is 3.29. The molecule has 0 spiro atoms. The summed E-state index contributed by atoms with van der Waals surface area (Å²) in [5.41, 5.74) is 1.41. The minimum absolute atomic E-state index is 0.324. The number of hydrogen-bond donors (Lipinski definition) is 2. The Hall–Kier alpha value is -1.88. The van der Waals surface area contributed by atoms with E-state index in [1.54, 1.807) is 31.4 Å². The van der Waals surface area contributed by atoms with Crippen LogP contribution in [0, 0.1) is 0 Å². The fraction of sp³-hybridized carbons (Fsp3) is 0.250. The Morgan fingerprint density at radius 2 is 1.78 bits per heavy atom. The molecule has 0 saturated carbocycles. The van der Waals surface area contributed by atoms with Crippen molar-refractivity contribution in [2.75, 3.05) is 7.11 Å². The summed E-state index contributed by atoms with van der Waals surface area (Å²) in [5.74, 6) is -0.947. The van der Waals surface area contributed by atoms with Crippen LogP contribution in [0.1, 0.15) is 11.1 Å². The summed E-state index contributed by atoms with van der Waals surface area (Å²) >= 11 is 0. The predicted molar refractivity (Wildman–Crippen MR) is 84.4 cm³/mol. The number of methoxy groups -OCH3 is 1. The molecule has 2 aromatic carbocycles. The Labute approximate surface area is 133 Å². The maximum Gasteiger partial charge on any atom is 0.359 e. The molecule has 0 fully saturated rings. The van der Waals surface area contributed by atoms with Crippen molar-refractivity contribution in [3.63, 3.8) is 0 Å². The summed E-state index contributed by atoms with van der Waals surface area (Å²) in [5, 5.41) is 0. The molecule has 5 nitrogen and oxygen atoms in total. The lowest BCUT2D eigenvalue weighted by Crippen LogP contribution is -2.05. The van der Waals surface area contributed by atoms with Gasteiger partial charge in [0.15, 0.2) is 0 Å². The van der Waals surface area contributed by atoms with E-state index >= 15 is 0 Å². The van der Waals surface area contributed by atoms with Crippen LogP contribution in [-0.2, 0) is 17.6 Å². The van der Waals surface area contributed by atoms with Crippen LogP contribution in [0.5, 0.6) is 11.5 Å². The molecule has 0 aliphatic heterocycles. The minimum Gasteiger partial charge on any atom is -0.497 e. The summed E-state index contributed by atoms with van der Waals surface area (Å²) in [6.45, 7) is 0.324. The second kappa shape index (κ2) is 7.59. The number of benzene rings is 2. The summed E-state index contributed by atoms with van der Waals surface area (Å²) in [6, 6.07) is 13.9. The molecular formula is C16H18FO5P. The van der Waals surface area contributed by atoms with E-state index in [4.69, 9.17) is 19.3 Å². The molecule has 1 unspecified atom stereocenters. The first-order valence-electron chi connectivity index (χ1n) is 6.92. The third-order valence-electron chi connectivity index (χ3n) is 3.23. The first kappa shape index (κ1) is 17.5. The lowest BCUT2D eigenvalue weighted by atomic mass is 10.1. The number of hydrogen-bond acceptors (Lipinski definition) is 3. The highest BCUT2D eigenvalue weighted by Crippen LogP contribution is 2.43. The molecule has 2 rings (SSSR count). The average molecular weight is 340 g/mol. The third-order valence-corrected chi connectivity index (χ3v) is 4.14. The van der Waals surface area contributed by atoms with E-state index in [9.17, 15) is 8.96 Å². The fourth-order valence-electron chi connectivity index (χ4n) is 1.96. The smallest absolute Gasteiger partial charge is 0.359 e. The molecule has 0 aliphatic carbocycles. The molecule has 0 aliphatic rings. The number of ether oxygens (including phenoxy) is 2. The highest BCUT2D eigenvalue weighted by Gasteiger charge is 2.28. The van der Waals surface area contributed by atoms with Crippen molar-refractivity contribution in [3.8, 4) is 11.5 Å². The van der Waals surface area contributed by atoms with Crippen LogP contribution in [0.3, 0.4) is 0 Å². The summed E-state index contributed by atoms with van der Waals surface area (Å²) in [7, 11) is -3.14. The van der Waals surface area contributed by atoms with Gasteiger partial charge in [-0.15, -0.1) is 0 Å². The number of rotatable bonds is 7. The molecule has 0 amide bonds. The van der Waals surface area contributed by atoms with E-state index in [2.05, 4.69) is 0 Å². The Morgan fingerprint density at radius 1 is 1.09 bits per heavy atom. The van der Waals surface area contributed by atoms with Crippen molar-refractivity contribution in [3.05, 3.63) is 59.7 Å². The van der Waals surface area contributed by atoms with Crippen LogP contribution in [0.15, 0.2) is 48.5 Å². The lowest BCUT2D eigenvalue weighted by Gasteiger charge is -2.12. The Kier molecular flexibility index (Phi) is 5.77. The van der Waals surface area contributed by atoms with Crippen molar-refractivity contribution in [1.82, 2.24) is 0 Å². The first-order valence-corrected chi connectivity index (χ1v) is 8.60. The SMILES string of the molecule is COc1ccc(COc2cccc(CC(F)P(=O)(O)O)c2)cc1. The second-order valence-corrected chi connectivity index (χ2v) is 6.75. The number of halogens is 1. The van der Waals surface area contributed by atoms with Gasteiger partial charge in [-0.1, -0.05) is 24.3 Å². The molecule has 1 atom stereocenters. The molecule has 124 valence electrons. The Bertz CT molecular complexity index is 683. The zero-order valence-corrected chi connectivity index (χ0v) is 13.4. The van der Waals surface area contributed by atoms with Crippen molar-refractivity contribution < 1.29 is 28.2 Å². The van der Waals surface area contributed by atoms with E-state index < -0.39 is 13.5 Å². The van der Waals surface area contributed by atoms with E-state index in [0.717, 1.165) is 11.3 Å². The third kappa shape index (κ3) is 5.36. The van der Waals surface area contributed by atoms with Crippen molar-refractivity contribution >= 4 is 7.60 Å². The molecule has 0 aromatic heterocycles. The molecule has 0 heterocycles. The van der Waals surface area contributed by atoms with Gasteiger partial charge in [-0.3, -0.25) is 4.57 Å². The summed E-state index contributed by atoms with van der Waals surface area (Å²) in [4.78, 5) is 17.6. The molecule has 0 radical (unpaired) electrons. The van der Waals surface area contributed by atoms with E-state index in [1.165, 1.54) is 0 Å². The van der Waals surface area contributed by atoms with Crippen LogP contribution in [0.25, 0.3) is 0 Å². The highest BCUT2D eigenvalue weighted by molar-refractivity contribution is 7.52. The zero-order valence-electron chi connectivity index (χ0n) is 12.6. The van der Waals surface area contributed by atoms with Crippen LogP contribution < -0.4 is 9.47 Å². The minimum atomic E-state index is -4.73. The fourth-order valence-corrected chi connectivity index (χ4v) is 2.41. The second-order valence-electron chi connectivity index (χ2n) is 5.01. The van der Waals surface area contributed by atoms with Gasteiger partial charge in [-0.05, 0) is 35.4 Å². The van der Waals surface area contributed by atoms with Crippen LogP contribution in [0.2, 0.25) is 0 Å². The van der Waals surface area contributed by atoms with Crippen molar-refractivity contribution in [2.45, 2.75) is 18.9 Å². The van der Waals surface area contributed by atoms with Gasteiger partial charge in [0.25, 0.3) is 0 Å². The molecular weight excluding hydrogens is 322 g/mol. The van der Waals surface area contributed by atoms with Gasteiger partial charge in [0.1, 0.15) is 18.1 Å². The zero-order chi connectivity index (χ0) is 16.9. The monoisotopic (exact) mass is 340 g/mol. The summed E-state index contributed by atoms with van der Waals surface area (Å²) < 4.78 is 35.0. The van der Waals surface area contributed by atoms with Crippen molar-refractivity contribution in [1.29, 1.82) is 0 Å². The van der Waals surface area contributed by atoms with Gasteiger partial charge in [0.05, 0.1) is 7.11 Å². The lowest BCUT2D eigenvalue weighted by molar-refractivity contribution is 0.296. The van der Waals surface area contributed by atoms with Crippen LogP contribution in [-0.4, -0.2) is 22.8 Å². The molecule has 2 aromatic rings. The van der Waals surface area contributed by atoms with Gasteiger partial charge >= 0.3 is 7.60 Å². The molecule has 0 saturated heterocycles.